The molecule has 2 rings (SSSR count). The molecule has 1 atom stereocenters. The smallest absolute Gasteiger partial charge is 0.0834 e. The highest BCUT2D eigenvalue weighted by Crippen LogP contribution is 2.35. The van der Waals surface area contributed by atoms with Crippen molar-refractivity contribution in [2.45, 2.75) is 58.2 Å². The summed E-state index contributed by atoms with van der Waals surface area (Å²) in [5.41, 5.74) is 7.40. The number of nitrogens with two attached hydrogens (primary N) is 1. The standard InChI is InChI=1S/C14H25ClN4/c1-10(2)19-12(11(15)9-17-19)13(16)14(3,4)18-7-5-6-8-18/h9-10,13H,5-8,16H2,1-4H3. The summed E-state index contributed by atoms with van der Waals surface area (Å²) in [6.45, 7) is 10.8. The van der Waals surface area contributed by atoms with E-state index in [9.17, 15) is 0 Å². The van der Waals surface area contributed by atoms with E-state index in [4.69, 9.17) is 17.3 Å². The Morgan fingerprint density at radius 2 is 1.89 bits per heavy atom. The largest absolute Gasteiger partial charge is 0.321 e. The molecule has 1 aromatic heterocycles. The van der Waals surface area contributed by atoms with Crippen molar-refractivity contribution in [2.75, 3.05) is 13.1 Å². The highest BCUT2D eigenvalue weighted by Gasteiger charge is 2.38. The van der Waals surface area contributed by atoms with Crippen LogP contribution in [-0.2, 0) is 0 Å². The lowest BCUT2D eigenvalue weighted by molar-refractivity contribution is 0.119. The van der Waals surface area contributed by atoms with E-state index in [-0.39, 0.29) is 17.6 Å². The van der Waals surface area contributed by atoms with E-state index in [1.54, 1.807) is 6.20 Å². The Labute approximate surface area is 120 Å². The van der Waals surface area contributed by atoms with Gasteiger partial charge in [0.1, 0.15) is 0 Å². The third-order valence-electron chi connectivity index (χ3n) is 4.25. The third kappa shape index (κ3) is 2.67. The van der Waals surface area contributed by atoms with Crippen LogP contribution in [0.4, 0.5) is 0 Å². The molecule has 0 spiro atoms. The molecule has 19 heavy (non-hydrogen) atoms. The summed E-state index contributed by atoms with van der Waals surface area (Å²) in [5.74, 6) is 0. The fraction of sp³-hybridized carbons (Fsp3) is 0.786. The van der Waals surface area contributed by atoms with Crippen molar-refractivity contribution in [3.63, 3.8) is 0 Å². The predicted octanol–water partition coefficient (Wildman–Crippen LogP) is 2.99. The van der Waals surface area contributed by atoms with E-state index in [1.807, 2.05) is 4.68 Å². The zero-order valence-corrected chi connectivity index (χ0v) is 13.1. The van der Waals surface area contributed by atoms with Crippen molar-refractivity contribution < 1.29 is 0 Å². The second kappa shape index (κ2) is 5.43. The molecule has 2 heterocycles. The van der Waals surface area contributed by atoms with E-state index in [1.165, 1.54) is 12.8 Å². The van der Waals surface area contributed by atoms with Crippen molar-refractivity contribution in [2.24, 2.45) is 5.73 Å². The molecule has 0 bridgehead atoms. The quantitative estimate of drug-likeness (QED) is 0.925. The molecule has 1 aliphatic heterocycles. The number of halogens is 1. The second-order valence-electron chi connectivity index (χ2n) is 6.24. The zero-order chi connectivity index (χ0) is 14.2. The number of aromatic nitrogens is 2. The van der Waals surface area contributed by atoms with Crippen molar-refractivity contribution >= 4 is 11.6 Å². The Kier molecular flexibility index (Phi) is 4.23. The molecule has 0 aliphatic carbocycles. The Hall–Kier alpha value is -0.580. The first-order chi connectivity index (χ1) is 8.85. The molecule has 0 amide bonds. The molecular weight excluding hydrogens is 260 g/mol. The van der Waals surface area contributed by atoms with Gasteiger partial charge in [-0.1, -0.05) is 11.6 Å². The topological polar surface area (TPSA) is 47.1 Å². The van der Waals surface area contributed by atoms with Crippen molar-refractivity contribution in [1.82, 2.24) is 14.7 Å². The van der Waals surface area contributed by atoms with Gasteiger partial charge < -0.3 is 5.73 Å². The van der Waals surface area contributed by atoms with E-state index >= 15 is 0 Å². The molecule has 1 aliphatic rings. The summed E-state index contributed by atoms with van der Waals surface area (Å²) in [6.07, 6.45) is 4.22. The van der Waals surface area contributed by atoms with E-state index in [2.05, 4.69) is 37.7 Å². The minimum Gasteiger partial charge on any atom is -0.321 e. The van der Waals surface area contributed by atoms with Gasteiger partial charge >= 0.3 is 0 Å². The van der Waals surface area contributed by atoms with Gasteiger partial charge in [0.05, 0.1) is 23.0 Å². The van der Waals surface area contributed by atoms with Crippen LogP contribution >= 0.6 is 11.6 Å². The number of hydrogen-bond donors (Lipinski definition) is 1. The minimum absolute atomic E-state index is 0.104. The SMILES string of the molecule is CC(C)n1ncc(Cl)c1C(N)C(C)(C)N1CCCC1. The average Bonchev–Trinajstić information content (AvgIpc) is 2.96. The maximum atomic E-state index is 6.55. The van der Waals surface area contributed by atoms with Crippen molar-refractivity contribution in [3.8, 4) is 0 Å². The molecule has 0 radical (unpaired) electrons. The molecule has 5 heteroatoms. The summed E-state index contributed by atoms with van der Waals surface area (Å²) >= 11 is 6.31. The van der Waals surface area contributed by atoms with Crippen LogP contribution in [0.5, 0.6) is 0 Å². The molecule has 1 fully saturated rings. The Morgan fingerprint density at radius 3 is 2.42 bits per heavy atom. The van der Waals surface area contributed by atoms with Gasteiger partial charge in [0, 0.05) is 11.6 Å². The third-order valence-corrected chi connectivity index (χ3v) is 4.54. The van der Waals surface area contributed by atoms with Crippen LogP contribution in [0.15, 0.2) is 6.20 Å². The number of nitrogens with zero attached hydrogens (tertiary/aromatic N) is 3. The number of rotatable bonds is 4. The van der Waals surface area contributed by atoms with Crippen LogP contribution in [0, 0.1) is 0 Å². The minimum atomic E-state index is -0.136. The summed E-state index contributed by atoms with van der Waals surface area (Å²) in [6, 6.07) is 0.130. The number of hydrogen-bond acceptors (Lipinski definition) is 3. The molecule has 0 saturated carbocycles. The Morgan fingerprint density at radius 1 is 1.32 bits per heavy atom. The van der Waals surface area contributed by atoms with E-state index in [0.717, 1.165) is 18.8 Å². The molecule has 1 unspecified atom stereocenters. The van der Waals surface area contributed by atoms with Gasteiger partial charge in [-0.15, -0.1) is 0 Å². The summed E-state index contributed by atoms with van der Waals surface area (Å²) in [5, 5.41) is 5.04. The summed E-state index contributed by atoms with van der Waals surface area (Å²) < 4.78 is 1.95. The first kappa shape index (κ1) is 14.8. The number of likely N-dealkylation sites (tertiary alicyclic amines) is 1. The summed E-state index contributed by atoms with van der Waals surface area (Å²) in [7, 11) is 0. The normalized spacial score (nSPS) is 19.3. The highest BCUT2D eigenvalue weighted by atomic mass is 35.5. The van der Waals surface area contributed by atoms with E-state index in [0.29, 0.717) is 5.02 Å². The lowest BCUT2D eigenvalue weighted by Crippen LogP contribution is -2.50. The summed E-state index contributed by atoms with van der Waals surface area (Å²) in [4.78, 5) is 2.46. The van der Waals surface area contributed by atoms with Gasteiger partial charge in [-0.2, -0.15) is 5.10 Å². The highest BCUT2D eigenvalue weighted by molar-refractivity contribution is 6.31. The van der Waals surface area contributed by atoms with Crippen molar-refractivity contribution in [1.29, 1.82) is 0 Å². The fourth-order valence-electron chi connectivity index (χ4n) is 2.88. The van der Waals surface area contributed by atoms with Gasteiger partial charge in [-0.25, -0.2) is 0 Å². The molecular formula is C14H25ClN4. The van der Waals surface area contributed by atoms with Crippen LogP contribution < -0.4 is 5.73 Å². The lowest BCUT2D eigenvalue weighted by atomic mass is 9.90. The van der Waals surface area contributed by atoms with Crippen LogP contribution in [0.3, 0.4) is 0 Å². The Bertz CT molecular complexity index is 433. The van der Waals surface area contributed by atoms with Gasteiger partial charge in [0.15, 0.2) is 0 Å². The maximum absolute atomic E-state index is 6.55. The average molecular weight is 285 g/mol. The maximum Gasteiger partial charge on any atom is 0.0834 e. The second-order valence-corrected chi connectivity index (χ2v) is 6.65. The first-order valence-corrected chi connectivity index (χ1v) is 7.47. The molecule has 4 nitrogen and oxygen atoms in total. The van der Waals surface area contributed by atoms with Crippen LogP contribution in [0.1, 0.15) is 58.3 Å². The monoisotopic (exact) mass is 284 g/mol. The molecule has 108 valence electrons. The van der Waals surface area contributed by atoms with Gasteiger partial charge in [-0.05, 0) is 53.6 Å². The van der Waals surface area contributed by atoms with Crippen LogP contribution in [0.2, 0.25) is 5.02 Å². The Balaban J connectivity index is 2.32. The van der Waals surface area contributed by atoms with Gasteiger partial charge in [-0.3, -0.25) is 9.58 Å². The lowest BCUT2D eigenvalue weighted by Gasteiger charge is -2.40. The zero-order valence-electron chi connectivity index (χ0n) is 12.4. The van der Waals surface area contributed by atoms with Crippen LogP contribution in [-0.4, -0.2) is 33.3 Å². The fourth-order valence-corrected chi connectivity index (χ4v) is 3.13. The molecule has 1 saturated heterocycles. The van der Waals surface area contributed by atoms with Crippen LogP contribution in [0.25, 0.3) is 0 Å². The van der Waals surface area contributed by atoms with E-state index < -0.39 is 0 Å². The molecule has 2 N–H and O–H groups in total. The van der Waals surface area contributed by atoms with Gasteiger partial charge in [0.25, 0.3) is 0 Å². The molecule has 0 aromatic carbocycles. The first-order valence-electron chi connectivity index (χ1n) is 7.09. The van der Waals surface area contributed by atoms with Crippen molar-refractivity contribution in [3.05, 3.63) is 16.9 Å². The van der Waals surface area contributed by atoms with Gasteiger partial charge in [0.2, 0.25) is 0 Å². The predicted molar refractivity (Wildman–Crippen MR) is 79.4 cm³/mol. The molecule has 1 aromatic rings.